The zero-order valence-electron chi connectivity index (χ0n) is 9.75. The molecular weight excluding hydrogens is 353 g/mol. The van der Waals surface area contributed by atoms with Gasteiger partial charge in [-0.15, -0.1) is 0 Å². The largest absolute Gasteiger partial charge is 0.399 e. The van der Waals surface area contributed by atoms with Gasteiger partial charge in [0.2, 0.25) is 0 Å². The molecule has 0 spiro atoms. The number of hydrogen-bond donors (Lipinski definition) is 1. The van der Waals surface area contributed by atoms with Crippen LogP contribution in [-0.2, 0) is 0 Å². The summed E-state index contributed by atoms with van der Waals surface area (Å²) in [6.45, 7) is 0. The number of anilines is 1. The minimum Gasteiger partial charge on any atom is -0.399 e. The number of nitrogens with zero attached hydrogens (tertiary/aromatic N) is 1. The summed E-state index contributed by atoms with van der Waals surface area (Å²) in [6, 6.07) is 6.37. The molecule has 0 aliphatic heterocycles. The van der Waals surface area contributed by atoms with Crippen molar-refractivity contribution in [2.45, 2.75) is 9.79 Å². The van der Waals surface area contributed by atoms with E-state index in [2.05, 4.69) is 15.9 Å². The molecule has 0 unspecified atom stereocenters. The molecule has 0 fully saturated rings. The van der Waals surface area contributed by atoms with E-state index in [4.69, 9.17) is 11.0 Å². The molecule has 0 atom stereocenters. The minimum atomic E-state index is -0.868. The van der Waals surface area contributed by atoms with Crippen molar-refractivity contribution >= 4 is 33.4 Å². The van der Waals surface area contributed by atoms with Gasteiger partial charge in [0, 0.05) is 10.6 Å². The maximum absolute atomic E-state index is 14.0. The summed E-state index contributed by atoms with van der Waals surface area (Å²) >= 11 is 3.52. The van der Waals surface area contributed by atoms with Gasteiger partial charge in [-0.1, -0.05) is 11.8 Å². The third kappa shape index (κ3) is 2.76. The zero-order valence-corrected chi connectivity index (χ0v) is 12.2. The van der Waals surface area contributed by atoms with Crippen LogP contribution in [-0.4, -0.2) is 0 Å². The Bertz CT molecular complexity index is 705. The first kappa shape index (κ1) is 14.8. The van der Waals surface area contributed by atoms with Gasteiger partial charge in [0.05, 0.1) is 14.9 Å². The standard InChI is InChI=1S/C13H6BrF3N2S/c14-11-6(5-18)1-2-10(12(11)17)20-13-8(15)3-7(19)4-9(13)16/h1-4H,19H2. The SMILES string of the molecule is N#Cc1ccc(Sc2c(F)cc(N)cc2F)c(F)c1Br. The third-order valence-electron chi connectivity index (χ3n) is 2.40. The lowest BCUT2D eigenvalue weighted by molar-refractivity contribution is 0.541. The van der Waals surface area contributed by atoms with E-state index < -0.39 is 17.5 Å². The number of rotatable bonds is 2. The smallest absolute Gasteiger partial charge is 0.152 e. The molecule has 0 saturated heterocycles. The number of nitriles is 1. The van der Waals surface area contributed by atoms with Crippen LogP contribution in [0.4, 0.5) is 18.9 Å². The molecule has 0 amide bonds. The fraction of sp³-hybridized carbons (Fsp3) is 0. The van der Waals surface area contributed by atoms with E-state index in [0.717, 1.165) is 12.1 Å². The van der Waals surface area contributed by atoms with Crippen molar-refractivity contribution in [2.75, 3.05) is 5.73 Å². The summed E-state index contributed by atoms with van der Waals surface area (Å²) < 4.78 is 41.2. The average molecular weight is 359 g/mol. The highest BCUT2D eigenvalue weighted by molar-refractivity contribution is 9.10. The van der Waals surface area contributed by atoms with Crippen molar-refractivity contribution in [2.24, 2.45) is 0 Å². The molecule has 0 aliphatic carbocycles. The van der Waals surface area contributed by atoms with E-state index in [9.17, 15) is 13.2 Å². The van der Waals surface area contributed by atoms with E-state index in [1.807, 2.05) is 0 Å². The highest BCUT2D eigenvalue weighted by Gasteiger charge is 2.17. The Morgan fingerprint density at radius 1 is 1.15 bits per heavy atom. The van der Waals surface area contributed by atoms with E-state index in [1.165, 1.54) is 12.1 Å². The van der Waals surface area contributed by atoms with Crippen LogP contribution >= 0.6 is 27.7 Å². The molecule has 0 aliphatic rings. The molecule has 0 heterocycles. The lowest BCUT2D eigenvalue weighted by atomic mass is 10.2. The van der Waals surface area contributed by atoms with Crippen molar-refractivity contribution in [3.05, 3.63) is 51.8 Å². The van der Waals surface area contributed by atoms with Crippen LogP contribution in [0.5, 0.6) is 0 Å². The highest BCUT2D eigenvalue weighted by Crippen LogP contribution is 2.37. The van der Waals surface area contributed by atoms with E-state index in [-0.39, 0.29) is 25.5 Å². The molecule has 0 aromatic heterocycles. The minimum absolute atomic E-state index is 0.00144. The van der Waals surface area contributed by atoms with Crippen molar-refractivity contribution in [1.82, 2.24) is 0 Å². The Balaban J connectivity index is 2.47. The van der Waals surface area contributed by atoms with Crippen LogP contribution in [0.15, 0.2) is 38.5 Å². The van der Waals surface area contributed by atoms with Crippen molar-refractivity contribution in [3.63, 3.8) is 0 Å². The first-order valence-electron chi connectivity index (χ1n) is 5.24. The molecule has 2 aromatic rings. The van der Waals surface area contributed by atoms with E-state index >= 15 is 0 Å². The fourth-order valence-corrected chi connectivity index (χ4v) is 2.91. The second kappa shape index (κ2) is 5.77. The van der Waals surface area contributed by atoms with Crippen LogP contribution in [0.2, 0.25) is 0 Å². The third-order valence-corrected chi connectivity index (χ3v) is 4.30. The van der Waals surface area contributed by atoms with E-state index in [0.29, 0.717) is 11.8 Å². The quantitative estimate of drug-likeness (QED) is 0.805. The topological polar surface area (TPSA) is 49.8 Å². The van der Waals surface area contributed by atoms with Crippen LogP contribution in [0.1, 0.15) is 5.56 Å². The Morgan fingerprint density at radius 3 is 2.30 bits per heavy atom. The molecule has 2 nitrogen and oxygen atoms in total. The summed E-state index contributed by atoms with van der Waals surface area (Å²) in [5, 5.41) is 8.75. The predicted octanol–water partition coefficient (Wildman–Crippen LogP) is 4.47. The molecule has 0 bridgehead atoms. The number of hydrogen-bond acceptors (Lipinski definition) is 3. The van der Waals surface area contributed by atoms with Gasteiger partial charge in [-0.2, -0.15) is 5.26 Å². The van der Waals surface area contributed by atoms with Crippen LogP contribution < -0.4 is 5.73 Å². The molecule has 0 radical (unpaired) electrons. The van der Waals surface area contributed by atoms with Crippen LogP contribution in [0, 0.1) is 28.8 Å². The van der Waals surface area contributed by atoms with Gasteiger partial charge in [-0.3, -0.25) is 0 Å². The van der Waals surface area contributed by atoms with Gasteiger partial charge in [0.1, 0.15) is 17.7 Å². The summed E-state index contributed by atoms with van der Waals surface area (Å²) in [5.74, 6) is -2.48. The van der Waals surface area contributed by atoms with Crippen molar-refractivity contribution < 1.29 is 13.2 Å². The summed E-state index contributed by atoms with van der Waals surface area (Å²) in [7, 11) is 0. The Hall–Kier alpha value is -1.65. The van der Waals surface area contributed by atoms with Gasteiger partial charge >= 0.3 is 0 Å². The second-order valence-electron chi connectivity index (χ2n) is 3.77. The lowest BCUT2D eigenvalue weighted by Crippen LogP contribution is -1.94. The van der Waals surface area contributed by atoms with E-state index in [1.54, 1.807) is 6.07 Å². The van der Waals surface area contributed by atoms with Gasteiger partial charge in [0.15, 0.2) is 5.82 Å². The number of halogens is 4. The molecule has 2 rings (SSSR count). The maximum Gasteiger partial charge on any atom is 0.152 e. The van der Waals surface area contributed by atoms with Crippen LogP contribution in [0.3, 0.4) is 0 Å². The number of nitrogens with two attached hydrogens (primary N) is 1. The average Bonchev–Trinajstić information content (AvgIpc) is 2.38. The summed E-state index contributed by atoms with van der Waals surface area (Å²) in [4.78, 5) is -0.354. The van der Waals surface area contributed by atoms with Gasteiger partial charge in [-0.05, 0) is 40.2 Å². The second-order valence-corrected chi connectivity index (χ2v) is 5.61. The molecule has 2 aromatic carbocycles. The lowest BCUT2D eigenvalue weighted by Gasteiger charge is -2.08. The van der Waals surface area contributed by atoms with Gasteiger partial charge in [0.25, 0.3) is 0 Å². The Morgan fingerprint density at radius 2 is 1.75 bits per heavy atom. The molecular formula is C13H6BrF3N2S. The van der Waals surface area contributed by atoms with Crippen LogP contribution in [0.25, 0.3) is 0 Å². The monoisotopic (exact) mass is 358 g/mol. The van der Waals surface area contributed by atoms with Crippen molar-refractivity contribution in [3.8, 4) is 6.07 Å². The molecule has 20 heavy (non-hydrogen) atoms. The molecule has 2 N–H and O–H groups in total. The van der Waals surface area contributed by atoms with Gasteiger partial charge < -0.3 is 5.73 Å². The highest BCUT2D eigenvalue weighted by atomic mass is 79.9. The molecule has 102 valence electrons. The normalized spacial score (nSPS) is 10.3. The summed E-state index contributed by atoms with van der Waals surface area (Å²) in [6.07, 6.45) is 0. The maximum atomic E-state index is 14.0. The first-order chi connectivity index (χ1) is 9.43. The number of nitrogen functional groups attached to an aromatic ring is 1. The number of benzene rings is 2. The molecule has 0 saturated carbocycles. The van der Waals surface area contributed by atoms with Crippen molar-refractivity contribution in [1.29, 1.82) is 5.26 Å². The first-order valence-corrected chi connectivity index (χ1v) is 6.85. The predicted molar refractivity (Wildman–Crippen MR) is 73.7 cm³/mol. The Labute approximate surface area is 125 Å². The summed E-state index contributed by atoms with van der Waals surface area (Å²) in [5.41, 5.74) is 5.36. The zero-order chi connectivity index (χ0) is 14.9. The van der Waals surface area contributed by atoms with Gasteiger partial charge in [-0.25, -0.2) is 13.2 Å². The Kier molecular flexibility index (Phi) is 4.26. The fourth-order valence-electron chi connectivity index (χ4n) is 1.48. The molecule has 7 heteroatoms.